The van der Waals surface area contributed by atoms with Crippen LogP contribution in [0.15, 0.2) is 22.7 Å². The molecular weight excluding hydrogens is 286 g/mol. The Morgan fingerprint density at radius 2 is 1.94 bits per heavy atom. The van der Waals surface area contributed by atoms with Crippen LogP contribution in [0.4, 0.5) is 0 Å². The largest absolute Gasteiger partial charge is 0.141 e. The number of hydrogen-bond donors (Lipinski definition) is 0. The molecule has 0 aromatic heterocycles. The molecule has 1 fully saturated rings. The molecule has 1 aliphatic rings. The summed E-state index contributed by atoms with van der Waals surface area (Å²) in [7, 11) is 0. The maximum absolute atomic E-state index is 9.63. The fourth-order valence-corrected chi connectivity index (χ4v) is 3.54. The molecule has 2 rings (SSSR count). The van der Waals surface area contributed by atoms with Crippen molar-refractivity contribution in [1.29, 1.82) is 0 Å². The highest BCUT2D eigenvalue weighted by molar-refractivity contribution is 9.10. The molecular formula is C16H22BrN. The van der Waals surface area contributed by atoms with E-state index in [2.05, 4.69) is 41.1 Å². The molecule has 0 heterocycles. The molecule has 2 heteroatoms. The van der Waals surface area contributed by atoms with Crippen LogP contribution >= 0.6 is 15.9 Å². The first-order valence-corrected chi connectivity index (χ1v) is 7.97. The van der Waals surface area contributed by atoms with Crippen LogP contribution in [0.5, 0.6) is 0 Å². The minimum absolute atomic E-state index is 0.0625. The molecule has 98 valence electrons. The van der Waals surface area contributed by atoms with Crippen LogP contribution in [-0.4, -0.2) is 6.04 Å². The molecule has 0 saturated heterocycles. The summed E-state index contributed by atoms with van der Waals surface area (Å²) >= 11 is 3.71. The summed E-state index contributed by atoms with van der Waals surface area (Å²) in [5, 5.41) is 0. The lowest BCUT2D eigenvalue weighted by atomic mass is 9.79. The second-order valence-electron chi connectivity index (χ2n) is 5.42. The van der Waals surface area contributed by atoms with Crippen molar-refractivity contribution in [3.8, 4) is 0 Å². The summed E-state index contributed by atoms with van der Waals surface area (Å²) in [6, 6.07) is 6.54. The summed E-state index contributed by atoms with van der Waals surface area (Å²) < 4.78 is 1.26. The van der Waals surface area contributed by atoms with Gasteiger partial charge in [0.05, 0.1) is 0 Å². The Kier molecular flexibility index (Phi) is 5.25. The Bertz CT molecular complexity index is 381. The number of nitrogens with zero attached hydrogens (tertiary/aromatic N) is 1. The maximum Gasteiger partial charge on any atom is 0.0434 e. The molecule has 0 unspecified atom stereocenters. The van der Waals surface area contributed by atoms with Crippen molar-refractivity contribution in [2.75, 3.05) is 0 Å². The Morgan fingerprint density at radius 3 is 2.61 bits per heavy atom. The summed E-state index contributed by atoms with van der Waals surface area (Å²) in [4.78, 5) is 0. The van der Waals surface area contributed by atoms with Gasteiger partial charge in [-0.1, -0.05) is 41.4 Å². The normalized spacial score (nSPS) is 24.2. The van der Waals surface area contributed by atoms with Gasteiger partial charge >= 0.3 is 0 Å². The van der Waals surface area contributed by atoms with Gasteiger partial charge in [0.25, 0.3) is 0 Å². The average Bonchev–Trinajstić information content (AvgIpc) is 2.38. The third-order valence-corrected chi connectivity index (χ3v) is 4.81. The van der Waals surface area contributed by atoms with Gasteiger partial charge in [0.2, 0.25) is 0 Å². The molecule has 0 aliphatic heterocycles. The molecule has 1 aliphatic carbocycles. The minimum Gasteiger partial charge on any atom is -0.141 e. The van der Waals surface area contributed by atoms with E-state index in [1.54, 1.807) is 0 Å². The van der Waals surface area contributed by atoms with E-state index in [0.29, 0.717) is 5.92 Å². The second-order valence-corrected chi connectivity index (χ2v) is 6.27. The molecule has 0 atom stereocenters. The van der Waals surface area contributed by atoms with E-state index in [1.807, 2.05) is 0 Å². The molecule has 1 nitrogen and oxygen atoms in total. The summed E-state index contributed by atoms with van der Waals surface area (Å²) in [5.41, 5.74) is 12.6. The highest BCUT2D eigenvalue weighted by Crippen LogP contribution is 2.37. The predicted molar refractivity (Wildman–Crippen MR) is 79.9 cm³/mol. The first-order valence-electron chi connectivity index (χ1n) is 7.17. The fourth-order valence-electron chi connectivity index (χ4n) is 2.96. The Balaban J connectivity index is 2.18. The molecule has 0 spiro atoms. The van der Waals surface area contributed by atoms with Gasteiger partial charge in [0.15, 0.2) is 0 Å². The predicted octanol–water partition coefficient (Wildman–Crippen LogP) is 4.89. The van der Waals surface area contributed by atoms with Gasteiger partial charge in [-0.3, -0.25) is 0 Å². The number of hydrogen-bond acceptors (Lipinski definition) is 0. The summed E-state index contributed by atoms with van der Waals surface area (Å²) in [6.07, 6.45) is 7.86. The summed E-state index contributed by atoms with van der Waals surface area (Å²) in [5.74, 6) is 0.651. The van der Waals surface area contributed by atoms with E-state index in [1.165, 1.54) is 34.9 Å². The van der Waals surface area contributed by atoms with E-state index in [0.717, 1.165) is 25.7 Å². The quantitative estimate of drug-likeness (QED) is 0.756. The molecule has 2 radical (unpaired) electrons. The van der Waals surface area contributed by atoms with E-state index >= 15 is 0 Å². The van der Waals surface area contributed by atoms with Crippen molar-refractivity contribution in [1.82, 2.24) is 5.73 Å². The first kappa shape index (κ1) is 14.1. The third kappa shape index (κ3) is 3.36. The molecule has 18 heavy (non-hydrogen) atoms. The van der Waals surface area contributed by atoms with Gasteiger partial charge in [0, 0.05) is 10.5 Å². The van der Waals surface area contributed by atoms with Gasteiger partial charge in [-0.2, -0.15) is 0 Å². The summed E-state index contributed by atoms with van der Waals surface area (Å²) in [6.45, 7) is 2.24. The van der Waals surface area contributed by atoms with Crippen LogP contribution < -0.4 is 5.73 Å². The molecule has 1 aromatic carbocycles. The monoisotopic (exact) mass is 307 g/mol. The zero-order valence-electron chi connectivity index (χ0n) is 11.2. The second kappa shape index (κ2) is 6.72. The topological polar surface area (TPSA) is 22.3 Å². The fraction of sp³-hybridized carbons (Fsp3) is 0.625. The van der Waals surface area contributed by atoms with E-state index in [-0.39, 0.29) is 6.04 Å². The van der Waals surface area contributed by atoms with E-state index in [4.69, 9.17) is 0 Å². The van der Waals surface area contributed by atoms with E-state index < -0.39 is 0 Å². The van der Waals surface area contributed by atoms with Crippen LogP contribution in [0.25, 0.3) is 0 Å². The Morgan fingerprint density at radius 1 is 1.22 bits per heavy atom. The standard InChI is InChI=1S/C16H22BrN/c1-2-3-5-15-14(6-4-7-16(15)17)12-8-10-13(18)11-9-12/h4,6-7,12-13H,2-3,5,8-11H2,1H3. The Labute approximate surface area is 119 Å². The average molecular weight is 308 g/mol. The van der Waals surface area contributed by atoms with Crippen LogP contribution in [0.1, 0.15) is 62.5 Å². The zero-order valence-corrected chi connectivity index (χ0v) is 12.7. The smallest absolute Gasteiger partial charge is 0.0434 e. The zero-order chi connectivity index (χ0) is 13.0. The van der Waals surface area contributed by atoms with Crippen molar-refractivity contribution >= 4 is 15.9 Å². The minimum atomic E-state index is -0.0625. The van der Waals surface area contributed by atoms with Crippen molar-refractivity contribution in [3.05, 3.63) is 33.8 Å². The van der Waals surface area contributed by atoms with Crippen molar-refractivity contribution in [2.24, 2.45) is 0 Å². The Hall–Kier alpha value is -0.340. The molecule has 0 N–H and O–H groups in total. The van der Waals surface area contributed by atoms with Crippen LogP contribution in [-0.2, 0) is 6.42 Å². The third-order valence-electron chi connectivity index (χ3n) is 4.07. The maximum atomic E-state index is 9.63. The highest BCUT2D eigenvalue weighted by atomic mass is 79.9. The lowest BCUT2D eigenvalue weighted by Gasteiger charge is -2.27. The van der Waals surface area contributed by atoms with Crippen molar-refractivity contribution in [3.63, 3.8) is 0 Å². The molecule has 0 amide bonds. The SMILES string of the molecule is CCCCc1c(Br)cccc1C1CCC([N])CC1. The van der Waals surface area contributed by atoms with Gasteiger partial charge in [-0.15, -0.1) is 5.73 Å². The lowest BCUT2D eigenvalue weighted by molar-refractivity contribution is 0.387. The number of benzene rings is 1. The van der Waals surface area contributed by atoms with Crippen molar-refractivity contribution in [2.45, 2.75) is 63.8 Å². The molecule has 1 aromatic rings. The molecule has 1 saturated carbocycles. The highest BCUT2D eigenvalue weighted by Gasteiger charge is 2.23. The number of unbranched alkanes of at least 4 members (excludes halogenated alkanes) is 1. The van der Waals surface area contributed by atoms with Gasteiger partial charge in [-0.05, 0) is 61.6 Å². The lowest BCUT2D eigenvalue weighted by Crippen LogP contribution is -2.19. The van der Waals surface area contributed by atoms with Crippen LogP contribution in [0, 0.1) is 0 Å². The van der Waals surface area contributed by atoms with Crippen LogP contribution in [0.2, 0.25) is 0 Å². The number of halogens is 1. The molecule has 0 bridgehead atoms. The van der Waals surface area contributed by atoms with E-state index in [9.17, 15) is 5.73 Å². The van der Waals surface area contributed by atoms with Gasteiger partial charge in [0.1, 0.15) is 0 Å². The number of rotatable bonds is 4. The van der Waals surface area contributed by atoms with Crippen LogP contribution in [0.3, 0.4) is 0 Å². The van der Waals surface area contributed by atoms with Crippen molar-refractivity contribution < 1.29 is 0 Å². The first-order chi connectivity index (χ1) is 8.72. The van der Waals surface area contributed by atoms with Gasteiger partial charge < -0.3 is 0 Å². The van der Waals surface area contributed by atoms with Gasteiger partial charge in [-0.25, -0.2) is 0 Å².